The smallest absolute Gasteiger partial charge is 0.331 e. The molecule has 0 saturated carbocycles. The number of nitrogens with zero attached hydrogens (tertiary/aromatic N) is 1. The quantitative estimate of drug-likeness (QED) is 0.430. The van der Waals surface area contributed by atoms with E-state index in [-0.39, 0.29) is 5.97 Å². The first-order chi connectivity index (χ1) is 11.6. The fourth-order valence-electron chi connectivity index (χ4n) is 2.41. The van der Waals surface area contributed by atoms with E-state index in [9.17, 15) is 4.79 Å². The van der Waals surface area contributed by atoms with Gasteiger partial charge in [-0.25, -0.2) is 4.79 Å². The first-order valence-corrected chi connectivity index (χ1v) is 8.11. The van der Waals surface area contributed by atoms with E-state index in [1.165, 1.54) is 0 Å². The van der Waals surface area contributed by atoms with Crippen molar-refractivity contribution < 1.29 is 9.53 Å². The van der Waals surface area contributed by atoms with Crippen LogP contribution in [0.4, 0.5) is 0 Å². The molecule has 0 heterocycles. The van der Waals surface area contributed by atoms with Crippen LogP contribution in [0.5, 0.6) is 0 Å². The van der Waals surface area contributed by atoms with E-state index in [1.807, 2.05) is 67.6 Å². The number of carbonyl (C=O) groups excluding carboxylic acids is 1. The molecule has 2 aromatic carbocycles. The lowest BCUT2D eigenvalue weighted by molar-refractivity contribution is -0.144. The van der Waals surface area contributed by atoms with Gasteiger partial charge >= 0.3 is 5.97 Å². The molecular formula is C21H23NO2. The van der Waals surface area contributed by atoms with Gasteiger partial charge in [0.1, 0.15) is 0 Å². The zero-order valence-corrected chi connectivity index (χ0v) is 14.2. The Labute approximate surface area is 143 Å². The van der Waals surface area contributed by atoms with Crippen LogP contribution in [0.3, 0.4) is 0 Å². The van der Waals surface area contributed by atoms with Crippen molar-refractivity contribution in [3.05, 3.63) is 83.9 Å². The number of aliphatic imine (C=N–C) groups is 1. The lowest BCUT2D eigenvalue weighted by Crippen LogP contribution is -2.24. The van der Waals surface area contributed by atoms with E-state index >= 15 is 0 Å². The van der Waals surface area contributed by atoms with Crippen LogP contribution in [0.25, 0.3) is 0 Å². The van der Waals surface area contributed by atoms with Crippen LogP contribution in [0.1, 0.15) is 31.4 Å². The van der Waals surface area contributed by atoms with Crippen LogP contribution >= 0.6 is 0 Å². The Kier molecular flexibility index (Phi) is 6.50. The molecule has 0 unspecified atom stereocenters. The standard InChI is InChI=1S/C21H23NO2/c1-4-24-21(23)19(15-16(2)3)22-20(17-11-7-5-8-12-17)18-13-9-6-10-14-18/h5-14,19H,2,4,15H2,1,3H3/t19-/m0/s1. The molecule has 0 N–H and O–H groups in total. The Bertz CT molecular complexity index is 664. The highest BCUT2D eigenvalue weighted by Gasteiger charge is 2.20. The zero-order valence-electron chi connectivity index (χ0n) is 14.2. The molecule has 3 nitrogen and oxygen atoms in total. The second-order valence-electron chi connectivity index (χ2n) is 5.64. The molecule has 0 amide bonds. The monoisotopic (exact) mass is 321 g/mol. The second-order valence-corrected chi connectivity index (χ2v) is 5.64. The maximum atomic E-state index is 12.3. The van der Waals surface area contributed by atoms with Crippen molar-refractivity contribution in [2.45, 2.75) is 26.3 Å². The van der Waals surface area contributed by atoms with Crippen LogP contribution in [-0.2, 0) is 9.53 Å². The van der Waals surface area contributed by atoms with E-state index in [0.29, 0.717) is 13.0 Å². The molecule has 0 aromatic heterocycles. The van der Waals surface area contributed by atoms with Crippen LogP contribution in [-0.4, -0.2) is 24.3 Å². The van der Waals surface area contributed by atoms with Gasteiger partial charge in [0.15, 0.2) is 6.04 Å². The van der Waals surface area contributed by atoms with E-state index in [0.717, 1.165) is 22.4 Å². The predicted molar refractivity (Wildman–Crippen MR) is 98.4 cm³/mol. The van der Waals surface area contributed by atoms with Crippen molar-refractivity contribution >= 4 is 11.7 Å². The van der Waals surface area contributed by atoms with E-state index < -0.39 is 6.04 Å². The van der Waals surface area contributed by atoms with E-state index in [4.69, 9.17) is 9.73 Å². The van der Waals surface area contributed by atoms with Gasteiger partial charge in [-0.1, -0.05) is 66.2 Å². The number of ether oxygens (including phenoxy) is 1. The summed E-state index contributed by atoms with van der Waals surface area (Å²) in [5, 5.41) is 0. The molecule has 0 bridgehead atoms. The number of rotatable bonds is 7. The van der Waals surface area contributed by atoms with Gasteiger partial charge in [-0.15, -0.1) is 6.58 Å². The summed E-state index contributed by atoms with van der Waals surface area (Å²) in [4.78, 5) is 17.1. The number of carbonyl (C=O) groups is 1. The average Bonchev–Trinajstić information content (AvgIpc) is 2.60. The predicted octanol–water partition coefficient (Wildman–Crippen LogP) is 4.42. The van der Waals surface area contributed by atoms with Crippen LogP contribution in [0.15, 0.2) is 77.8 Å². The number of esters is 1. The molecule has 0 radical (unpaired) electrons. The topological polar surface area (TPSA) is 38.7 Å². The van der Waals surface area contributed by atoms with Gasteiger partial charge in [-0.05, 0) is 13.8 Å². The van der Waals surface area contributed by atoms with E-state index in [2.05, 4.69) is 6.58 Å². The van der Waals surface area contributed by atoms with Crippen molar-refractivity contribution in [3.63, 3.8) is 0 Å². The molecule has 24 heavy (non-hydrogen) atoms. The van der Waals surface area contributed by atoms with Crippen molar-refractivity contribution in [1.82, 2.24) is 0 Å². The van der Waals surface area contributed by atoms with Gasteiger partial charge in [0, 0.05) is 17.5 Å². The van der Waals surface area contributed by atoms with Crippen molar-refractivity contribution in [2.24, 2.45) is 4.99 Å². The molecule has 0 fully saturated rings. The summed E-state index contributed by atoms with van der Waals surface area (Å²) >= 11 is 0. The molecule has 0 aliphatic carbocycles. The highest BCUT2D eigenvalue weighted by molar-refractivity contribution is 6.13. The van der Waals surface area contributed by atoms with Gasteiger partial charge in [0.25, 0.3) is 0 Å². The zero-order chi connectivity index (χ0) is 17.4. The average molecular weight is 321 g/mol. The SMILES string of the molecule is C=C(C)C[C@H](N=C(c1ccccc1)c1ccccc1)C(=O)OCC. The molecule has 0 saturated heterocycles. The molecule has 0 spiro atoms. The van der Waals surface area contributed by atoms with Gasteiger partial charge in [-0.3, -0.25) is 4.99 Å². The fraction of sp³-hybridized carbons (Fsp3) is 0.238. The largest absolute Gasteiger partial charge is 0.464 e. The minimum Gasteiger partial charge on any atom is -0.464 e. The molecule has 0 aliphatic heterocycles. The van der Waals surface area contributed by atoms with Crippen LogP contribution in [0, 0.1) is 0 Å². The van der Waals surface area contributed by atoms with Gasteiger partial charge in [-0.2, -0.15) is 0 Å². The highest BCUT2D eigenvalue weighted by Crippen LogP contribution is 2.16. The Morgan fingerprint density at radius 3 is 1.96 bits per heavy atom. The Balaban J connectivity index is 2.48. The Morgan fingerprint density at radius 1 is 1.04 bits per heavy atom. The van der Waals surface area contributed by atoms with Crippen molar-refractivity contribution in [3.8, 4) is 0 Å². The summed E-state index contributed by atoms with van der Waals surface area (Å²) in [6.45, 7) is 7.95. The first kappa shape index (κ1) is 17.7. The Morgan fingerprint density at radius 2 is 1.54 bits per heavy atom. The second kappa shape index (κ2) is 8.82. The lowest BCUT2D eigenvalue weighted by Gasteiger charge is -2.15. The molecule has 0 aliphatic rings. The Hall–Kier alpha value is -2.68. The maximum Gasteiger partial charge on any atom is 0.331 e. The molecule has 2 rings (SSSR count). The van der Waals surface area contributed by atoms with Crippen LogP contribution in [0.2, 0.25) is 0 Å². The summed E-state index contributed by atoms with van der Waals surface area (Å²) in [5.41, 5.74) is 3.63. The summed E-state index contributed by atoms with van der Waals surface area (Å²) in [6, 6.07) is 19.2. The van der Waals surface area contributed by atoms with Crippen molar-refractivity contribution in [2.75, 3.05) is 6.61 Å². The summed E-state index contributed by atoms with van der Waals surface area (Å²) in [7, 11) is 0. The van der Waals surface area contributed by atoms with Gasteiger partial charge in [0.2, 0.25) is 0 Å². The minimum absolute atomic E-state index is 0.315. The van der Waals surface area contributed by atoms with Gasteiger partial charge in [0.05, 0.1) is 12.3 Å². The molecular weight excluding hydrogens is 298 g/mol. The summed E-state index contributed by atoms with van der Waals surface area (Å²) in [6.07, 6.45) is 0.474. The first-order valence-electron chi connectivity index (χ1n) is 8.11. The number of benzene rings is 2. The maximum absolute atomic E-state index is 12.3. The summed E-state index contributed by atoms with van der Waals surface area (Å²) in [5.74, 6) is -0.315. The third-order valence-corrected chi connectivity index (χ3v) is 3.48. The summed E-state index contributed by atoms with van der Waals surface area (Å²) < 4.78 is 5.19. The minimum atomic E-state index is -0.585. The highest BCUT2D eigenvalue weighted by atomic mass is 16.5. The molecule has 1 atom stereocenters. The van der Waals surface area contributed by atoms with E-state index in [1.54, 1.807) is 6.92 Å². The molecule has 3 heteroatoms. The third kappa shape index (κ3) is 4.92. The third-order valence-electron chi connectivity index (χ3n) is 3.48. The fourth-order valence-corrected chi connectivity index (χ4v) is 2.41. The van der Waals surface area contributed by atoms with Crippen LogP contribution < -0.4 is 0 Å². The molecule has 124 valence electrons. The number of hydrogen-bond acceptors (Lipinski definition) is 3. The van der Waals surface area contributed by atoms with Gasteiger partial charge < -0.3 is 4.74 Å². The normalized spacial score (nSPS) is 11.4. The lowest BCUT2D eigenvalue weighted by atomic mass is 10.0. The molecule has 2 aromatic rings. The number of hydrogen-bond donors (Lipinski definition) is 0. The van der Waals surface area contributed by atoms with Crippen molar-refractivity contribution in [1.29, 1.82) is 0 Å².